The van der Waals surface area contributed by atoms with Crippen LogP contribution in [0.15, 0.2) is 24.3 Å². The van der Waals surface area contributed by atoms with E-state index >= 15 is 0 Å². The Hall–Kier alpha value is -1.62. The highest BCUT2D eigenvalue weighted by molar-refractivity contribution is 6.17. The molecule has 2 rings (SSSR count). The molecule has 0 aliphatic carbocycles. The zero-order valence-electron chi connectivity index (χ0n) is 11.1. The maximum Gasteiger partial charge on any atom is 0.269 e. The molecule has 20 heavy (non-hydrogen) atoms. The van der Waals surface area contributed by atoms with Crippen molar-refractivity contribution in [3.05, 3.63) is 39.9 Å². The van der Waals surface area contributed by atoms with Gasteiger partial charge in [-0.1, -0.05) is 0 Å². The highest BCUT2D eigenvalue weighted by Gasteiger charge is 2.28. The Morgan fingerprint density at radius 1 is 1.40 bits per heavy atom. The molecule has 1 unspecified atom stereocenters. The van der Waals surface area contributed by atoms with E-state index in [0.29, 0.717) is 11.4 Å². The summed E-state index contributed by atoms with van der Waals surface area (Å²) in [7, 11) is 0. The number of benzene rings is 1. The highest BCUT2D eigenvalue weighted by atomic mass is 35.5. The number of nitro groups is 1. The van der Waals surface area contributed by atoms with Crippen LogP contribution in [0.1, 0.15) is 36.0 Å². The predicted molar refractivity (Wildman–Crippen MR) is 77.1 cm³/mol. The van der Waals surface area contributed by atoms with Crippen LogP contribution >= 0.6 is 11.6 Å². The molecule has 0 saturated carbocycles. The van der Waals surface area contributed by atoms with Gasteiger partial charge in [0.25, 0.3) is 11.6 Å². The number of amides is 1. The highest BCUT2D eigenvalue weighted by Crippen LogP contribution is 2.24. The van der Waals surface area contributed by atoms with Gasteiger partial charge in [-0.05, 0) is 37.8 Å². The van der Waals surface area contributed by atoms with E-state index in [-0.39, 0.29) is 17.6 Å². The van der Waals surface area contributed by atoms with Crippen LogP contribution in [0.2, 0.25) is 0 Å². The third-order valence-corrected chi connectivity index (χ3v) is 3.90. The summed E-state index contributed by atoms with van der Waals surface area (Å²) in [4.78, 5) is 24.4. The number of rotatable bonds is 5. The van der Waals surface area contributed by atoms with Crippen molar-refractivity contribution in [1.82, 2.24) is 4.90 Å². The SMILES string of the molecule is O=C(c1ccc([N+](=O)[O-])cc1)N1CCCC1CCCCl. The Morgan fingerprint density at radius 2 is 2.10 bits per heavy atom. The summed E-state index contributed by atoms with van der Waals surface area (Å²) in [5.41, 5.74) is 0.509. The van der Waals surface area contributed by atoms with Gasteiger partial charge < -0.3 is 4.90 Å². The molecule has 1 amide bonds. The molecule has 1 saturated heterocycles. The second-order valence-electron chi connectivity index (χ2n) is 4.93. The Bertz CT molecular complexity index is 490. The first-order chi connectivity index (χ1) is 9.63. The lowest BCUT2D eigenvalue weighted by Gasteiger charge is -2.24. The lowest BCUT2D eigenvalue weighted by molar-refractivity contribution is -0.384. The molecule has 108 valence electrons. The zero-order chi connectivity index (χ0) is 14.5. The van der Waals surface area contributed by atoms with Gasteiger partial charge in [-0.15, -0.1) is 11.6 Å². The third-order valence-electron chi connectivity index (χ3n) is 3.63. The van der Waals surface area contributed by atoms with Crippen molar-refractivity contribution >= 4 is 23.2 Å². The van der Waals surface area contributed by atoms with E-state index in [2.05, 4.69) is 0 Å². The van der Waals surface area contributed by atoms with Gasteiger partial charge in [-0.2, -0.15) is 0 Å². The molecule has 1 atom stereocenters. The summed E-state index contributed by atoms with van der Waals surface area (Å²) < 4.78 is 0. The van der Waals surface area contributed by atoms with E-state index in [4.69, 9.17) is 11.6 Å². The second-order valence-corrected chi connectivity index (χ2v) is 5.31. The monoisotopic (exact) mass is 296 g/mol. The van der Waals surface area contributed by atoms with Gasteiger partial charge >= 0.3 is 0 Å². The Labute approximate surface area is 122 Å². The van der Waals surface area contributed by atoms with Gasteiger partial charge in [0, 0.05) is 36.2 Å². The van der Waals surface area contributed by atoms with Gasteiger partial charge in [0.1, 0.15) is 0 Å². The number of halogens is 1. The van der Waals surface area contributed by atoms with Crippen LogP contribution in [0, 0.1) is 10.1 Å². The van der Waals surface area contributed by atoms with Gasteiger partial charge in [0.05, 0.1) is 4.92 Å². The first-order valence-corrected chi connectivity index (χ1v) is 7.28. The van der Waals surface area contributed by atoms with Crippen molar-refractivity contribution < 1.29 is 9.72 Å². The molecule has 0 aromatic heterocycles. The summed E-state index contributed by atoms with van der Waals surface area (Å²) >= 11 is 5.70. The minimum atomic E-state index is -0.465. The number of nitrogens with zero attached hydrogens (tertiary/aromatic N) is 2. The number of likely N-dealkylation sites (tertiary alicyclic amines) is 1. The molecule has 1 fully saturated rings. The molecule has 1 aliphatic rings. The summed E-state index contributed by atoms with van der Waals surface area (Å²) in [5.74, 6) is 0.563. The van der Waals surface area contributed by atoms with E-state index in [9.17, 15) is 14.9 Å². The number of non-ortho nitro benzene ring substituents is 1. The predicted octanol–water partition coefficient (Wildman–Crippen LogP) is 3.22. The van der Waals surface area contributed by atoms with E-state index < -0.39 is 4.92 Å². The maximum atomic E-state index is 12.4. The summed E-state index contributed by atoms with van der Waals surface area (Å²) in [5, 5.41) is 10.6. The number of carbonyl (C=O) groups is 1. The normalized spacial score (nSPS) is 18.2. The average molecular weight is 297 g/mol. The van der Waals surface area contributed by atoms with Crippen LogP contribution in [0.3, 0.4) is 0 Å². The van der Waals surface area contributed by atoms with Crippen molar-refractivity contribution in [2.24, 2.45) is 0 Å². The third kappa shape index (κ3) is 3.28. The van der Waals surface area contributed by atoms with Crippen molar-refractivity contribution in [2.75, 3.05) is 12.4 Å². The van der Waals surface area contributed by atoms with Gasteiger partial charge in [0.2, 0.25) is 0 Å². The second kappa shape index (κ2) is 6.70. The minimum Gasteiger partial charge on any atom is -0.336 e. The van der Waals surface area contributed by atoms with Gasteiger partial charge in [0.15, 0.2) is 0 Å². The van der Waals surface area contributed by atoms with E-state index in [0.717, 1.165) is 32.2 Å². The molecule has 1 heterocycles. The number of alkyl halides is 1. The molecule has 1 aliphatic heterocycles. The maximum absolute atomic E-state index is 12.4. The topological polar surface area (TPSA) is 63.4 Å². The Morgan fingerprint density at radius 3 is 2.70 bits per heavy atom. The number of carbonyl (C=O) groups excluding carboxylic acids is 1. The average Bonchev–Trinajstić information content (AvgIpc) is 2.92. The molecule has 0 N–H and O–H groups in total. The molecule has 6 heteroatoms. The zero-order valence-corrected chi connectivity index (χ0v) is 11.9. The fourth-order valence-electron chi connectivity index (χ4n) is 2.61. The van der Waals surface area contributed by atoms with Crippen LogP contribution in [0.5, 0.6) is 0 Å². The summed E-state index contributed by atoms with van der Waals surface area (Å²) in [6, 6.07) is 6.04. The lowest BCUT2D eigenvalue weighted by Crippen LogP contribution is -2.35. The van der Waals surface area contributed by atoms with Crippen LogP contribution in [0.25, 0.3) is 0 Å². The molecule has 0 bridgehead atoms. The first kappa shape index (κ1) is 14.8. The lowest BCUT2D eigenvalue weighted by atomic mass is 10.1. The van der Waals surface area contributed by atoms with Crippen LogP contribution < -0.4 is 0 Å². The molecule has 1 aromatic carbocycles. The molecule has 0 radical (unpaired) electrons. The molecule has 0 spiro atoms. The molecule has 1 aromatic rings. The Balaban J connectivity index is 2.07. The molecular formula is C14H17ClN2O3. The van der Waals surface area contributed by atoms with Gasteiger partial charge in [-0.25, -0.2) is 0 Å². The fourth-order valence-corrected chi connectivity index (χ4v) is 2.76. The Kier molecular flexibility index (Phi) is 4.95. The van der Waals surface area contributed by atoms with Gasteiger partial charge in [-0.3, -0.25) is 14.9 Å². The van der Waals surface area contributed by atoms with Crippen molar-refractivity contribution in [1.29, 1.82) is 0 Å². The molecular weight excluding hydrogens is 280 g/mol. The minimum absolute atomic E-state index is 0.00154. The number of hydrogen-bond donors (Lipinski definition) is 0. The van der Waals surface area contributed by atoms with Crippen molar-refractivity contribution in [2.45, 2.75) is 31.7 Å². The van der Waals surface area contributed by atoms with E-state index in [1.54, 1.807) is 0 Å². The molecule has 5 nitrogen and oxygen atoms in total. The van der Waals surface area contributed by atoms with Crippen molar-refractivity contribution in [3.8, 4) is 0 Å². The summed E-state index contributed by atoms with van der Waals surface area (Å²) in [6.45, 7) is 0.753. The van der Waals surface area contributed by atoms with Crippen molar-refractivity contribution in [3.63, 3.8) is 0 Å². The van der Waals surface area contributed by atoms with Crippen LogP contribution in [0.4, 0.5) is 5.69 Å². The standard InChI is InChI=1S/C14H17ClN2O3/c15-9-1-3-12-4-2-10-16(12)14(18)11-5-7-13(8-6-11)17(19)20/h5-8,12H,1-4,9-10H2. The van der Waals surface area contributed by atoms with E-state index in [1.165, 1.54) is 24.3 Å². The quantitative estimate of drug-likeness (QED) is 0.476. The van der Waals surface area contributed by atoms with E-state index in [1.807, 2.05) is 4.90 Å². The summed E-state index contributed by atoms with van der Waals surface area (Å²) in [6.07, 6.45) is 3.83. The number of nitro benzene ring substituents is 1. The fraction of sp³-hybridized carbons (Fsp3) is 0.500. The first-order valence-electron chi connectivity index (χ1n) is 6.75. The largest absolute Gasteiger partial charge is 0.336 e. The smallest absolute Gasteiger partial charge is 0.269 e. The number of hydrogen-bond acceptors (Lipinski definition) is 3. The van der Waals surface area contributed by atoms with Crippen LogP contribution in [-0.2, 0) is 0 Å². The van der Waals surface area contributed by atoms with Crippen LogP contribution in [-0.4, -0.2) is 34.2 Å².